The Balaban J connectivity index is 4.83. The lowest BCUT2D eigenvalue weighted by molar-refractivity contribution is -0.135. The normalized spacial score (nSPS) is 15.8. The van der Waals surface area contributed by atoms with E-state index in [1.165, 1.54) is 0 Å². The molecule has 0 aromatic heterocycles. The third kappa shape index (κ3) is 6.62. The Morgan fingerprint density at radius 3 is 1.95 bits per heavy atom. The van der Waals surface area contributed by atoms with Gasteiger partial charge in [-0.2, -0.15) is 0 Å². The number of hydrogen-bond acceptors (Lipinski definition) is 4. The Morgan fingerprint density at radius 2 is 1.60 bits per heavy atom. The Kier molecular flexibility index (Phi) is 7.05. The van der Waals surface area contributed by atoms with E-state index in [1.54, 1.807) is 0 Å². The lowest BCUT2D eigenvalue weighted by Gasteiger charge is -2.31. The maximum Gasteiger partial charge on any atom is 0.138 e. The standard InChI is InChI=1S/C16H31NO3/c1-15(2,3)12(9-14(20)16(4,5)6)13(19)8-7-11(18)10-17/h11-12,18H,7-10,17H2,1-6H3. The third-order valence-corrected chi connectivity index (χ3v) is 3.66. The zero-order valence-corrected chi connectivity index (χ0v) is 13.8. The van der Waals surface area contributed by atoms with Crippen molar-refractivity contribution in [3.8, 4) is 0 Å². The Labute approximate surface area is 123 Å². The lowest BCUT2D eigenvalue weighted by atomic mass is 9.71. The molecule has 0 aromatic carbocycles. The topological polar surface area (TPSA) is 80.4 Å². The number of carbonyl (C=O) groups excluding carboxylic acids is 2. The van der Waals surface area contributed by atoms with Gasteiger partial charge in [0, 0.05) is 30.7 Å². The van der Waals surface area contributed by atoms with Crippen molar-refractivity contribution in [1.29, 1.82) is 0 Å². The van der Waals surface area contributed by atoms with Crippen LogP contribution in [0.5, 0.6) is 0 Å². The van der Waals surface area contributed by atoms with Crippen LogP contribution in [0.4, 0.5) is 0 Å². The number of carbonyl (C=O) groups is 2. The Morgan fingerprint density at radius 1 is 1.10 bits per heavy atom. The molecule has 0 spiro atoms. The molecule has 20 heavy (non-hydrogen) atoms. The molecule has 2 atom stereocenters. The van der Waals surface area contributed by atoms with Gasteiger partial charge < -0.3 is 10.8 Å². The molecule has 0 saturated heterocycles. The molecule has 0 aromatic rings. The van der Waals surface area contributed by atoms with E-state index in [9.17, 15) is 14.7 Å². The zero-order valence-electron chi connectivity index (χ0n) is 13.8. The molecule has 4 nitrogen and oxygen atoms in total. The largest absolute Gasteiger partial charge is 0.392 e. The highest BCUT2D eigenvalue weighted by Gasteiger charge is 2.35. The zero-order chi connectivity index (χ0) is 16.1. The second-order valence-electron chi connectivity index (χ2n) is 7.69. The molecule has 0 heterocycles. The Bertz CT molecular complexity index is 337. The van der Waals surface area contributed by atoms with Gasteiger partial charge in [-0.05, 0) is 11.8 Å². The number of aliphatic hydroxyl groups is 1. The van der Waals surface area contributed by atoms with Crippen molar-refractivity contribution in [1.82, 2.24) is 0 Å². The van der Waals surface area contributed by atoms with Crippen molar-refractivity contribution in [2.24, 2.45) is 22.5 Å². The monoisotopic (exact) mass is 285 g/mol. The van der Waals surface area contributed by atoms with Gasteiger partial charge in [0.25, 0.3) is 0 Å². The molecule has 0 rings (SSSR count). The van der Waals surface area contributed by atoms with E-state index < -0.39 is 11.5 Å². The highest BCUT2D eigenvalue weighted by atomic mass is 16.3. The summed E-state index contributed by atoms with van der Waals surface area (Å²) in [5.41, 5.74) is 4.65. The van der Waals surface area contributed by atoms with Gasteiger partial charge in [-0.3, -0.25) is 9.59 Å². The molecular weight excluding hydrogens is 254 g/mol. The number of ketones is 2. The Hall–Kier alpha value is -0.740. The summed E-state index contributed by atoms with van der Waals surface area (Å²) in [5.74, 6) is -0.160. The fourth-order valence-corrected chi connectivity index (χ4v) is 2.00. The average Bonchev–Trinajstić information content (AvgIpc) is 2.29. The molecule has 0 fully saturated rings. The van der Waals surface area contributed by atoms with Gasteiger partial charge in [-0.25, -0.2) is 0 Å². The highest BCUT2D eigenvalue weighted by molar-refractivity contribution is 5.90. The predicted octanol–water partition coefficient (Wildman–Crippen LogP) is 2.32. The van der Waals surface area contributed by atoms with E-state index in [0.717, 1.165) is 0 Å². The number of hydrogen-bond donors (Lipinski definition) is 2. The molecule has 2 unspecified atom stereocenters. The first-order chi connectivity index (χ1) is 8.89. The van der Waals surface area contributed by atoms with E-state index in [1.807, 2.05) is 41.5 Å². The number of aliphatic hydroxyl groups excluding tert-OH is 1. The fraction of sp³-hybridized carbons (Fsp3) is 0.875. The molecule has 0 amide bonds. The van der Waals surface area contributed by atoms with E-state index >= 15 is 0 Å². The predicted molar refractivity (Wildman–Crippen MR) is 81.3 cm³/mol. The summed E-state index contributed by atoms with van der Waals surface area (Å²) in [6.07, 6.45) is 0.270. The minimum absolute atomic E-state index is 0.0441. The number of rotatable bonds is 7. The van der Waals surface area contributed by atoms with Gasteiger partial charge in [-0.1, -0.05) is 41.5 Å². The maximum atomic E-state index is 12.4. The summed E-state index contributed by atoms with van der Waals surface area (Å²) in [6, 6.07) is 0. The summed E-state index contributed by atoms with van der Waals surface area (Å²) in [6.45, 7) is 11.7. The van der Waals surface area contributed by atoms with Crippen molar-refractivity contribution in [2.45, 2.75) is 66.9 Å². The fourth-order valence-electron chi connectivity index (χ4n) is 2.00. The van der Waals surface area contributed by atoms with Crippen LogP contribution < -0.4 is 5.73 Å². The average molecular weight is 285 g/mol. The van der Waals surface area contributed by atoms with E-state index in [-0.39, 0.29) is 42.3 Å². The van der Waals surface area contributed by atoms with Gasteiger partial charge >= 0.3 is 0 Å². The summed E-state index contributed by atoms with van der Waals surface area (Å²) < 4.78 is 0. The van der Waals surface area contributed by atoms with Crippen molar-refractivity contribution in [3.63, 3.8) is 0 Å². The van der Waals surface area contributed by atoms with Gasteiger partial charge in [0.05, 0.1) is 6.10 Å². The first-order valence-electron chi connectivity index (χ1n) is 7.33. The summed E-state index contributed by atoms with van der Waals surface area (Å²) in [7, 11) is 0. The summed E-state index contributed by atoms with van der Waals surface area (Å²) >= 11 is 0. The number of nitrogens with two attached hydrogens (primary N) is 1. The van der Waals surface area contributed by atoms with Gasteiger partial charge in [0.2, 0.25) is 0 Å². The van der Waals surface area contributed by atoms with Crippen LogP contribution in [0.2, 0.25) is 0 Å². The molecule has 4 heteroatoms. The first-order valence-corrected chi connectivity index (χ1v) is 7.33. The van der Waals surface area contributed by atoms with E-state index in [0.29, 0.717) is 6.42 Å². The van der Waals surface area contributed by atoms with Crippen molar-refractivity contribution < 1.29 is 14.7 Å². The van der Waals surface area contributed by atoms with Crippen LogP contribution in [0.25, 0.3) is 0 Å². The van der Waals surface area contributed by atoms with Gasteiger partial charge in [0.1, 0.15) is 11.6 Å². The SMILES string of the molecule is CC(C)(C)C(=O)CC(C(=O)CCC(O)CN)C(C)(C)C. The molecule has 0 bridgehead atoms. The molecule has 0 aliphatic heterocycles. The lowest BCUT2D eigenvalue weighted by Crippen LogP contribution is -2.34. The molecule has 0 saturated carbocycles. The molecule has 3 N–H and O–H groups in total. The highest BCUT2D eigenvalue weighted by Crippen LogP contribution is 2.33. The second-order valence-corrected chi connectivity index (χ2v) is 7.69. The number of Topliss-reactive ketones (excluding diaryl/α,β-unsaturated/α-hetero) is 2. The second kappa shape index (κ2) is 7.32. The van der Waals surface area contributed by atoms with Crippen LogP contribution in [0.3, 0.4) is 0 Å². The van der Waals surface area contributed by atoms with E-state index in [4.69, 9.17) is 5.73 Å². The third-order valence-electron chi connectivity index (χ3n) is 3.66. The van der Waals surface area contributed by atoms with Gasteiger partial charge in [0.15, 0.2) is 0 Å². The smallest absolute Gasteiger partial charge is 0.138 e. The molecule has 0 aliphatic rings. The van der Waals surface area contributed by atoms with E-state index in [2.05, 4.69) is 0 Å². The molecule has 0 radical (unpaired) electrons. The van der Waals surface area contributed by atoms with Crippen molar-refractivity contribution >= 4 is 11.6 Å². The molecule has 0 aliphatic carbocycles. The van der Waals surface area contributed by atoms with Crippen LogP contribution in [0.1, 0.15) is 60.8 Å². The van der Waals surface area contributed by atoms with Crippen molar-refractivity contribution in [2.75, 3.05) is 6.54 Å². The van der Waals surface area contributed by atoms with Crippen LogP contribution in [0.15, 0.2) is 0 Å². The minimum Gasteiger partial charge on any atom is -0.392 e. The quantitative estimate of drug-likeness (QED) is 0.752. The van der Waals surface area contributed by atoms with Crippen LogP contribution in [-0.2, 0) is 9.59 Å². The first kappa shape index (κ1) is 19.3. The van der Waals surface area contributed by atoms with Gasteiger partial charge in [-0.15, -0.1) is 0 Å². The summed E-state index contributed by atoms with van der Waals surface area (Å²) in [4.78, 5) is 24.6. The van der Waals surface area contributed by atoms with Crippen LogP contribution >= 0.6 is 0 Å². The van der Waals surface area contributed by atoms with Crippen molar-refractivity contribution in [3.05, 3.63) is 0 Å². The van der Waals surface area contributed by atoms with Crippen LogP contribution in [-0.4, -0.2) is 29.3 Å². The minimum atomic E-state index is -0.641. The van der Waals surface area contributed by atoms with Crippen LogP contribution in [0, 0.1) is 16.7 Å². The molecule has 118 valence electrons. The maximum absolute atomic E-state index is 12.4. The molecular formula is C16H31NO3. The summed E-state index contributed by atoms with van der Waals surface area (Å²) in [5, 5.41) is 9.46.